The molecule has 0 aliphatic carbocycles. The fourth-order valence-corrected chi connectivity index (χ4v) is 4.87. The Hall–Kier alpha value is -2.90. The number of methoxy groups -OCH3 is 1. The summed E-state index contributed by atoms with van der Waals surface area (Å²) in [6.45, 7) is 2.86. The van der Waals surface area contributed by atoms with Crippen LogP contribution in [0.5, 0.6) is 0 Å². The highest BCUT2D eigenvalue weighted by molar-refractivity contribution is 8.04. The van der Waals surface area contributed by atoms with Gasteiger partial charge in [0.2, 0.25) is 21.8 Å². The van der Waals surface area contributed by atoms with Crippen LogP contribution in [0.15, 0.2) is 40.3 Å². The van der Waals surface area contributed by atoms with E-state index in [1.54, 1.807) is 0 Å². The molecule has 1 atom stereocenters. The highest BCUT2D eigenvalue weighted by Gasteiger charge is 2.27. The van der Waals surface area contributed by atoms with Crippen molar-refractivity contribution in [1.29, 1.82) is 0 Å². The molecule has 1 aliphatic heterocycles. The molecular weight excluding hydrogens is 474 g/mol. The number of nitrogens with one attached hydrogen (secondary N) is 2. The van der Waals surface area contributed by atoms with Crippen molar-refractivity contribution in [3.8, 4) is 0 Å². The lowest BCUT2D eigenvalue weighted by Crippen LogP contribution is -2.39. The molecule has 0 aromatic heterocycles. The van der Waals surface area contributed by atoms with Crippen LogP contribution in [-0.4, -0.2) is 69.1 Å². The van der Waals surface area contributed by atoms with E-state index in [1.165, 1.54) is 68.0 Å². The van der Waals surface area contributed by atoms with Gasteiger partial charge in [-0.05, 0) is 37.6 Å². The van der Waals surface area contributed by atoms with Gasteiger partial charge in [0.05, 0.1) is 35.5 Å². The zero-order chi connectivity index (χ0) is 24.6. The van der Waals surface area contributed by atoms with Crippen LogP contribution in [0.4, 0.5) is 5.69 Å². The van der Waals surface area contributed by atoms with Crippen LogP contribution < -0.4 is 10.0 Å². The van der Waals surface area contributed by atoms with Gasteiger partial charge in [-0.2, -0.15) is 4.72 Å². The lowest BCUT2D eigenvalue weighted by Gasteiger charge is -2.17. The van der Waals surface area contributed by atoms with Gasteiger partial charge in [0, 0.05) is 19.2 Å². The van der Waals surface area contributed by atoms with Crippen LogP contribution in [0.1, 0.15) is 20.3 Å². The first-order valence-corrected chi connectivity index (χ1v) is 12.3. The smallest absolute Gasteiger partial charge is 0.333 e. The molecule has 1 heterocycles. The van der Waals surface area contributed by atoms with Crippen LogP contribution >= 0.6 is 11.8 Å². The summed E-state index contributed by atoms with van der Waals surface area (Å²) >= 11 is 1.21. The van der Waals surface area contributed by atoms with Crippen molar-refractivity contribution in [2.24, 2.45) is 0 Å². The molecule has 1 aromatic carbocycles. The van der Waals surface area contributed by atoms with Gasteiger partial charge in [0.1, 0.15) is 6.04 Å². The quantitative estimate of drug-likeness (QED) is 0.271. The number of rotatable bonds is 10. The van der Waals surface area contributed by atoms with Crippen LogP contribution in [-0.2, 0) is 38.7 Å². The van der Waals surface area contributed by atoms with E-state index < -0.39 is 28.0 Å². The monoisotopic (exact) mass is 499 g/mol. The summed E-state index contributed by atoms with van der Waals surface area (Å²) in [5.41, 5.74) is 0.438. The van der Waals surface area contributed by atoms with Gasteiger partial charge >= 0.3 is 11.9 Å². The maximum absolute atomic E-state index is 12.5. The number of carbonyl (C=O) groups excluding carboxylic acids is 4. The van der Waals surface area contributed by atoms with Crippen LogP contribution in [0, 0.1) is 0 Å². The second-order valence-electron chi connectivity index (χ2n) is 6.91. The molecule has 2 amide bonds. The minimum Gasteiger partial charge on any atom is -0.466 e. The van der Waals surface area contributed by atoms with E-state index in [-0.39, 0.29) is 35.6 Å². The van der Waals surface area contributed by atoms with Gasteiger partial charge in [0.15, 0.2) is 0 Å². The minimum atomic E-state index is -3.99. The number of amides is 2. The topological polar surface area (TPSA) is 148 Å². The zero-order valence-corrected chi connectivity index (χ0v) is 20.0. The Kier molecular flexibility index (Phi) is 9.44. The van der Waals surface area contributed by atoms with E-state index in [2.05, 4.69) is 14.8 Å². The number of benzene rings is 1. The Morgan fingerprint density at radius 2 is 1.91 bits per heavy atom. The van der Waals surface area contributed by atoms with Gasteiger partial charge in [-0.3, -0.25) is 14.4 Å². The van der Waals surface area contributed by atoms with Crippen molar-refractivity contribution in [3.05, 3.63) is 35.4 Å². The third-order valence-corrected chi connectivity index (χ3v) is 6.88. The highest BCUT2D eigenvalue weighted by atomic mass is 32.2. The Morgan fingerprint density at radius 1 is 1.24 bits per heavy atom. The molecule has 1 fully saturated rings. The van der Waals surface area contributed by atoms with Crippen molar-refractivity contribution >= 4 is 51.2 Å². The van der Waals surface area contributed by atoms with Crippen molar-refractivity contribution in [2.45, 2.75) is 31.2 Å². The summed E-state index contributed by atoms with van der Waals surface area (Å²) in [6.07, 6.45) is 1.52. The van der Waals surface area contributed by atoms with E-state index in [1.807, 2.05) is 0 Å². The van der Waals surface area contributed by atoms with Crippen molar-refractivity contribution < 1.29 is 37.1 Å². The maximum Gasteiger partial charge on any atom is 0.333 e. The number of thioether (sulfide) groups is 1. The number of sulfonamides is 1. The number of hydrogen-bond donors (Lipinski definition) is 2. The molecule has 1 saturated heterocycles. The van der Waals surface area contributed by atoms with Crippen molar-refractivity contribution in [1.82, 2.24) is 9.62 Å². The maximum atomic E-state index is 12.5. The van der Waals surface area contributed by atoms with Gasteiger partial charge in [-0.15, -0.1) is 0 Å². The van der Waals surface area contributed by atoms with E-state index in [0.29, 0.717) is 17.1 Å². The third-order valence-electron chi connectivity index (χ3n) is 4.29. The van der Waals surface area contributed by atoms with Crippen molar-refractivity contribution in [3.63, 3.8) is 0 Å². The highest BCUT2D eigenvalue weighted by Crippen LogP contribution is 2.28. The van der Waals surface area contributed by atoms with Gasteiger partial charge in [-0.25, -0.2) is 13.2 Å². The molecule has 180 valence electrons. The molecule has 0 spiro atoms. The molecule has 2 rings (SSSR count). The average molecular weight is 500 g/mol. The SMILES string of the molecule is COC(=O)/C=C1/SCC(=O)N1CCCOC(=O)[C@H](C)NS(=O)(=O)c1ccc(NC(C)=O)cc1. The first-order chi connectivity index (χ1) is 15.5. The molecule has 0 bridgehead atoms. The number of hydrogen-bond acceptors (Lipinski definition) is 9. The summed E-state index contributed by atoms with van der Waals surface area (Å²) in [7, 11) is -2.76. The minimum absolute atomic E-state index is 0.0454. The molecule has 1 aromatic rings. The molecule has 0 saturated carbocycles. The number of ether oxygens (including phenoxy) is 2. The van der Waals surface area contributed by atoms with Crippen molar-refractivity contribution in [2.75, 3.05) is 31.3 Å². The normalized spacial score (nSPS) is 15.9. The average Bonchev–Trinajstić information content (AvgIpc) is 3.09. The number of nitrogens with zero attached hydrogens (tertiary/aromatic N) is 1. The predicted molar refractivity (Wildman–Crippen MR) is 120 cm³/mol. The van der Waals surface area contributed by atoms with Gasteiger partial charge < -0.3 is 19.7 Å². The zero-order valence-electron chi connectivity index (χ0n) is 18.3. The largest absolute Gasteiger partial charge is 0.466 e. The molecule has 2 N–H and O–H groups in total. The van der Waals surface area contributed by atoms with Crippen LogP contribution in [0.3, 0.4) is 0 Å². The summed E-state index contributed by atoms with van der Waals surface area (Å²) in [6, 6.07) is 4.31. The van der Waals surface area contributed by atoms with E-state index in [9.17, 15) is 27.6 Å². The molecule has 11 nitrogen and oxygen atoms in total. The molecule has 0 radical (unpaired) electrons. The Morgan fingerprint density at radius 3 is 2.52 bits per heavy atom. The Balaban J connectivity index is 1.84. The van der Waals surface area contributed by atoms with Crippen LogP contribution in [0.25, 0.3) is 0 Å². The second kappa shape index (κ2) is 11.8. The Bertz CT molecular complexity index is 1040. The number of carbonyl (C=O) groups is 4. The lowest BCUT2D eigenvalue weighted by atomic mass is 10.3. The third kappa shape index (κ3) is 7.87. The van der Waals surface area contributed by atoms with Gasteiger partial charge in [-0.1, -0.05) is 11.8 Å². The predicted octanol–water partition coefficient (Wildman–Crippen LogP) is 0.835. The van der Waals surface area contributed by atoms with Gasteiger partial charge in [0.25, 0.3) is 0 Å². The summed E-state index contributed by atoms with van der Waals surface area (Å²) in [5, 5.41) is 2.99. The van der Waals surface area contributed by atoms with Crippen LogP contribution in [0.2, 0.25) is 0 Å². The molecule has 1 aliphatic rings. The van der Waals surface area contributed by atoms with E-state index in [4.69, 9.17) is 4.74 Å². The molecule has 13 heteroatoms. The fourth-order valence-electron chi connectivity index (χ4n) is 2.72. The molecule has 33 heavy (non-hydrogen) atoms. The molecular formula is C20H25N3O8S2. The number of anilines is 1. The second-order valence-corrected chi connectivity index (χ2v) is 9.62. The standard InChI is InChI=1S/C20H25N3O8S2/c1-13(22-33(28,29)16-7-5-15(6-8-16)21-14(2)24)20(27)31-10-4-9-23-17(25)12-32-18(23)11-19(26)30-3/h5-8,11,13,22H,4,9-10,12H2,1-3H3,(H,21,24)/b18-11+/t13-/m0/s1. The van der Waals surface area contributed by atoms with E-state index in [0.717, 1.165) is 0 Å². The first-order valence-electron chi connectivity index (χ1n) is 9.83. The Labute approximate surface area is 195 Å². The molecule has 0 unspecified atom stereocenters. The van der Waals surface area contributed by atoms with E-state index >= 15 is 0 Å². The summed E-state index contributed by atoms with van der Waals surface area (Å²) in [5.74, 6) is -1.61. The fraction of sp³-hybridized carbons (Fsp3) is 0.400. The number of esters is 2. The first kappa shape index (κ1) is 26.4. The summed E-state index contributed by atoms with van der Waals surface area (Å²) in [4.78, 5) is 47.9. The summed E-state index contributed by atoms with van der Waals surface area (Å²) < 4.78 is 36.9. The lowest BCUT2D eigenvalue weighted by molar-refractivity contribution is -0.145.